The molecule has 0 amide bonds. The van der Waals surface area contributed by atoms with E-state index in [9.17, 15) is 14.7 Å². The maximum absolute atomic E-state index is 11.3. The predicted octanol–water partition coefficient (Wildman–Crippen LogP) is 3.42. The minimum absolute atomic E-state index is 0.374. The highest BCUT2D eigenvalue weighted by atomic mass is 16.5. The molecule has 0 radical (unpaired) electrons. The third-order valence-corrected chi connectivity index (χ3v) is 4.61. The van der Waals surface area contributed by atoms with Crippen molar-refractivity contribution in [2.24, 2.45) is 5.92 Å². The summed E-state index contributed by atoms with van der Waals surface area (Å²) in [7, 11) is 0. The minimum atomic E-state index is -0.925. The number of hydrogen-bond acceptors (Lipinski definition) is 4. The largest absolute Gasteiger partial charge is 0.482 e. The van der Waals surface area contributed by atoms with Crippen LogP contribution in [0.5, 0.6) is 11.5 Å². The summed E-state index contributed by atoms with van der Waals surface area (Å²) in [6.07, 6.45) is 3.61. The summed E-state index contributed by atoms with van der Waals surface area (Å²) in [6, 6.07) is 0. The molecule has 0 aromatic heterocycles. The third-order valence-electron chi connectivity index (χ3n) is 4.61. The van der Waals surface area contributed by atoms with Crippen LogP contribution in [0.15, 0.2) is 6.08 Å². The Hall–Kier alpha value is -2.30. The predicted molar refractivity (Wildman–Crippen MR) is 86.8 cm³/mol. The molecule has 0 spiro atoms. The Balaban J connectivity index is 2.59. The van der Waals surface area contributed by atoms with Gasteiger partial charge in [0.2, 0.25) is 0 Å². The Morgan fingerprint density at radius 1 is 1.22 bits per heavy atom. The molecule has 5 heteroatoms. The molecule has 1 heterocycles. The van der Waals surface area contributed by atoms with Crippen LogP contribution >= 0.6 is 0 Å². The molecule has 1 aliphatic heterocycles. The Kier molecular flexibility index (Phi) is 4.24. The van der Waals surface area contributed by atoms with E-state index in [4.69, 9.17) is 9.47 Å². The molecule has 2 rings (SSSR count). The number of esters is 1. The summed E-state index contributed by atoms with van der Waals surface area (Å²) in [5.41, 5.74) is 2.36. The van der Waals surface area contributed by atoms with E-state index in [0.717, 1.165) is 22.3 Å². The highest BCUT2D eigenvalue weighted by Gasteiger charge is 2.39. The lowest BCUT2D eigenvalue weighted by Crippen LogP contribution is -2.43. The average Bonchev–Trinajstić information content (AvgIpc) is 2.48. The molecule has 1 unspecified atom stereocenters. The van der Waals surface area contributed by atoms with E-state index < -0.39 is 17.5 Å². The SMILES string of the molecule is CC(=O)Oc1c(C)c(C)c2c(c1C)C=C[C@@](C)(C(C)C(=O)O)O2. The standard InChI is InChI=1S/C18H22O5/c1-9-10(2)16-14(11(3)15(9)22-13(5)19)7-8-18(6,23-16)12(4)17(20)21/h7-8,12H,1-6H3,(H,20,21)/t12?,18-/m0/s1. The second-order valence-corrected chi connectivity index (χ2v) is 6.22. The number of carboxylic acids is 1. The number of aliphatic carboxylic acids is 1. The van der Waals surface area contributed by atoms with Crippen LogP contribution in [0.1, 0.15) is 43.0 Å². The fourth-order valence-corrected chi connectivity index (χ4v) is 2.73. The van der Waals surface area contributed by atoms with Crippen molar-refractivity contribution in [3.8, 4) is 11.5 Å². The first-order valence-electron chi connectivity index (χ1n) is 7.51. The van der Waals surface area contributed by atoms with Gasteiger partial charge in [-0.2, -0.15) is 0 Å². The Bertz CT molecular complexity index is 717. The molecular weight excluding hydrogens is 296 g/mol. The summed E-state index contributed by atoms with van der Waals surface area (Å²) in [5, 5.41) is 9.30. The van der Waals surface area contributed by atoms with Gasteiger partial charge in [-0.3, -0.25) is 9.59 Å². The van der Waals surface area contributed by atoms with E-state index in [1.807, 2.05) is 26.8 Å². The molecule has 0 fully saturated rings. The van der Waals surface area contributed by atoms with Gasteiger partial charge in [0.1, 0.15) is 17.1 Å². The maximum atomic E-state index is 11.3. The molecule has 0 bridgehead atoms. The Labute approximate surface area is 135 Å². The molecule has 2 atom stereocenters. The van der Waals surface area contributed by atoms with Gasteiger partial charge in [0.25, 0.3) is 0 Å². The summed E-state index contributed by atoms with van der Waals surface area (Å²) >= 11 is 0. The smallest absolute Gasteiger partial charge is 0.310 e. The van der Waals surface area contributed by atoms with E-state index in [2.05, 4.69) is 0 Å². The molecule has 124 valence electrons. The zero-order valence-electron chi connectivity index (χ0n) is 14.3. The van der Waals surface area contributed by atoms with Gasteiger partial charge in [-0.25, -0.2) is 0 Å². The second-order valence-electron chi connectivity index (χ2n) is 6.22. The molecule has 5 nitrogen and oxygen atoms in total. The van der Waals surface area contributed by atoms with Gasteiger partial charge in [-0.05, 0) is 51.8 Å². The quantitative estimate of drug-likeness (QED) is 0.683. The van der Waals surface area contributed by atoms with Crippen LogP contribution in [0.4, 0.5) is 0 Å². The zero-order chi connectivity index (χ0) is 17.5. The van der Waals surface area contributed by atoms with E-state index in [1.54, 1.807) is 19.9 Å². The van der Waals surface area contributed by atoms with Crippen LogP contribution in [-0.2, 0) is 9.59 Å². The fourth-order valence-electron chi connectivity index (χ4n) is 2.73. The van der Waals surface area contributed by atoms with Crippen molar-refractivity contribution in [2.75, 3.05) is 0 Å². The van der Waals surface area contributed by atoms with Crippen LogP contribution in [-0.4, -0.2) is 22.6 Å². The van der Waals surface area contributed by atoms with Crippen LogP contribution in [0.2, 0.25) is 0 Å². The number of hydrogen-bond donors (Lipinski definition) is 1. The minimum Gasteiger partial charge on any atom is -0.482 e. The van der Waals surface area contributed by atoms with Crippen molar-refractivity contribution in [3.05, 3.63) is 28.3 Å². The number of benzene rings is 1. The molecule has 0 saturated heterocycles. The van der Waals surface area contributed by atoms with Crippen LogP contribution in [0, 0.1) is 26.7 Å². The number of carbonyl (C=O) groups is 2. The van der Waals surface area contributed by atoms with Gasteiger partial charge in [-0.1, -0.05) is 6.08 Å². The van der Waals surface area contributed by atoms with E-state index in [-0.39, 0.29) is 5.97 Å². The summed E-state index contributed by atoms with van der Waals surface area (Å²) in [5.74, 6) is -0.797. The van der Waals surface area contributed by atoms with Crippen LogP contribution in [0.3, 0.4) is 0 Å². The first-order chi connectivity index (χ1) is 10.6. The highest BCUT2D eigenvalue weighted by Crippen LogP contribution is 2.44. The number of fused-ring (bicyclic) bond motifs is 1. The fraction of sp³-hybridized carbons (Fsp3) is 0.444. The molecular formula is C18H22O5. The highest BCUT2D eigenvalue weighted by molar-refractivity contribution is 5.77. The molecule has 0 aliphatic carbocycles. The van der Waals surface area contributed by atoms with Gasteiger partial charge in [0.05, 0.1) is 5.92 Å². The van der Waals surface area contributed by atoms with Crippen molar-refractivity contribution >= 4 is 18.0 Å². The lowest BCUT2D eigenvalue weighted by Gasteiger charge is -2.36. The van der Waals surface area contributed by atoms with Gasteiger partial charge < -0.3 is 14.6 Å². The van der Waals surface area contributed by atoms with E-state index in [1.165, 1.54) is 6.92 Å². The lowest BCUT2D eigenvalue weighted by molar-refractivity contribution is -0.146. The number of carbonyl (C=O) groups excluding carboxylic acids is 1. The molecule has 1 aliphatic rings. The molecule has 0 saturated carbocycles. The van der Waals surface area contributed by atoms with Crippen molar-refractivity contribution in [2.45, 2.75) is 47.1 Å². The van der Waals surface area contributed by atoms with Crippen molar-refractivity contribution in [1.29, 1.82) is 0 Å². The molecule has 1 N–H and O–H groups in total. The first-order valence-corrected chi connectivity index (χ1v) is 7.51. The van der Waals surface area contributed by atoms with Crippen molar-refractivity contribution in [3.63, 3.8) is 0 Å². The Morgan fingerprint density at radius 3 is 2.35 bits per heavy atom. The Morgan fingerprint density at radius 2 is 1.83 bits per heavy atom. The monoisotopic (exact) mass is 318 g/mol. The lowest BCUT2D eigenvalue weighted by atomic mass is 9.85. The summed E-state index contributed by atoms with van der Waals surface area (Å²) in [4.78, 5) is 22.7. The van der Waals surface area contributed by atoms with Crippen LogP contribution in [0.25, 0.3) is 6.08 Å². The number of ether oxygens (including phenoxy) is 2. The second kappa shape index (κ2) is 5.72. The van der Waals surface area contributed by atoms with Crippen LogP contribution < -0.4 is 9.47 Å². The van der Waals surface area contributed by atoms with Crippen molar-refractivity contribution in [1.82, 2.24) is 0 Å². The zero-order valence-corrected chi connectivity index (χ0v) is 14.3. The maximum Gasteiger partial charge on any atom is 0.310 e. The van der Waals surface area contributed by atoms with Gasteiger partial charge in [0, 0.05) is 18.1 Å². The summed E-state index contributed by atoms with van der Waals surface area (Å²) in [6.45, 7) is 10.4. The van der Waals surface area contributed by atoms with E-state index >= 15 is 0 Å². The molecule has 1 aromatic carbocycles. The van der Waals surface area contributed by atoms with Crippen molar-refractivity contribution < 1.29 is 24.2 Å². The number of carboxylic acid groups (broad SMARTS) is 1. The van der Waals surface area contributed by atoms with Gasteiger partial charge >= 0.3 is 11.9 Å². The van der Waals surface area contributed by atoms with Gasteiger partial charge in [0.15, 0.2) is 0 Å². The molecule has 1 aromatic rings. The first kappa shape index (κ1) is 17.1. The molecule has 23 heavy (non-hydrogen) atoms. The third kappa shape index (κ3) is 2.83. The average molecular weight is 318 g/mol. The number of rotatable bonds is 3. The normalized spacial score (nSPS) is 20.4. The summed E-state index contributed by atoms with van der Waals surface area (Å²) < 4.78 is 11.4. The van der Waals surface area contributed by atoms with Gasteiger partial charge in [-0.15, -0.1) is 0 Å². The van der Waals surface area contributed by atoms with E-state index in [0.29, 0.717) is 11.5 Å². The topological polar surface area (TPSA) is 72.8 Å².